The Hall–Kier alpha value is -0.680. The minimum absolute atomic E-state index is 0.502. The second kappa shape index (κ2) is 5.59. The zero-order valence-electron chi connectivity index (χ0n) is 8.79. The van der Waals surface area contributed by atoms with Crippen LogP contribution in [-0.4, -0.2) is 16.6 Å². The molecule has 1 unspecified atom stereocenters. The van der Waals surface area contributed by atoms with Crippen LogP contribution in [0.15, 0.2) is 24.3 Å². The van der Waals surface area contributed by atoms with Crippen molar-refractivity contribution in [3.05, 3.63) is 35.4 Å². The van der Waals surface area contributed by atoms with Gasteiger partial charge in [-0.05, 0) is 23.4 Å². The van der Waals surface area contributed by atoms with E-state index >= 15 is 0 Å². The predicted molar refractivity (Wildman–Crippen MR) is 59.4 cm³/mol. The van der Waals surface area contributed by atoms with Crippen LogP contribution in [-0.2, 0) is 6.18 Å². The first kappa shape index (κ1) is 13.4. The van der Waals surface area contributed by atoms with E-state index in [1.165, 1.54) is 12.1 Å². The SMILES string of the molecule is CCSCC(O)c1ccc(C(F)(F)F)cc1. The summed E-state index contributed by atoms with van der Waals surface area (Å²) in [6, 6.07) is 4.64. The van der Waals surface area contributed by atoms with E-state index in [0.717, 1.165) is 17.9 Å². The molecule has 1 aromatic rings. The first-order valence-corrected chi connectivity index (χ1v) is 6.03. The van der Waals surface area contributed by atoms with Crippen LogP contribution in [0.4, 0.5) is 13.2 Å². The van der Waals surface area contributed by atoms with Crippen molar-refractivity contribution in [2.45, 2.75) is 19.2 Å². The number of aliphatic hydroxyl groups is 1. The molecule has 1 atom stereocenters. The van der Waals surface area contributed by atoms with Gasteiger partial charge in [-0.15, -0.1) is 0 Å². The molecule has 0 aliphatic carbocycles. The topological polar surface area (TPSA) is 20.2 Å². The maximum Gasteiger partial charge on any atom is 0.416 e. The van der Waals surface area contributed by atoms with Gasteiger partial charge in [0.2, 0.25) is 0 Å². The summed E-state index contributed by atoms with van der Waals surface area (Å²) in [5.74, 6) is 1.37. The van der Waals surface area contributed by atoms with Crippen LogP contribution in [0.5, 0.6) is 0 Å². The second-order valence-corrected chi connectivity index (χ2v) is 4.61. The molecule has 1 aromatic carbocycles. The lowest BCUT2D eigenvalue weighted by atomic mass is 10.1. The summed E-state index contributed by atoms with van der Waals surface area (Å²) in [5.41, 5.74) is -0.166. The van der Waals surface area contributed by atoms with Crippen LogP contribution in [0.3, 0.4) is 0 Å². The monoisotopic (exact) mass is 250 g/mol. The number of rotatable bonds is 4. The van der Waals surface area contributed by atoms with Crippen LogP contribution >= 0.6 is 11.8 Å². The average Bonchev–Trinajstić information content (AvgIpc) is 2.25. The van der Waals surface area contributed by atoms with Crippen LogP contribution in [0.2, 0.25) is 0 Å². The first-order valence-electron chi connectivity index (χ1n) is 4.88. The molecule has 1 nitrogen and oxygen atoms in total. The van der Waals surface area contributed by atoms with Crippen molar-refractivity contribution >= 4 is 11.8 Å². The van der Waals surface area contributed by atoms with E-state index in [1.54, 1.807) is 11.8 Å². The van der Waals surface area contributed by atoms with Gasteiger partial charge in [-0.1, -0.05) is 19.1 Å². The van der Waals surface area contributed by atoms with Gasteiger partial charge in [0.15, 0.2) is 0 Å². The van der Waals surface area contributed by atoms with Gasteiger partial charge in [0.1, 0.15) is 0 Å². The highest BCUT2D eigenvalue weighted by Crippen LogP contribution is 2.30. The summed E-state index contributed by atoms with van der Waals surface area (Å²) in [7, 11) is 0. The van der Waals surface area contributed by atoms with Crippen LogP contribution in [0.25, 0.3) is 0 Å². The zero-order chi connectivity index (χ0) is 12.2. The lowest BCUT2D eigenvalue weighted by molar-refractivity contribution is -0.137. The molecule has 0 aliphatic rings. The van der Waals surface area contributed by atoms with Gasteiger partial charge in [-0.3, -0.25) is 0 Å². The van der Waals surface area contributed by atoms with E-state index in [4.69, 9.17) is 0 Å². The van der Waals surface area contributed by atoms with Crippen molar-refractivity contribution in [1.29, 1.82) is 0 Å². The van der Waals surface area contributed by atoms with Crippen molar-refractivity contribution in [3.63, 3.8) is 0 Å². The molecule has 0 saturated carbocycles. The van der Waals surface area contributed by atoms with E-state index in [0.29, 0.717) is 11.3 Å². The molecule has 16 heavy (non-hydrogen) atoms. The number of alkyl halides is 3. The third-order valence-electron chi connectivity index (χ3n) is 2.10. The molecule has 0 spiro atoms. The molecule has 1 rings (SSSR count). The molecule has 0 aromatic heterocycles. The smallest absolute Gasteiger partial charge is 0.388 e. The Morgan fingerprint density at radius 2 is 1.81 bits per heavy atom. The van der Waals surface area contributed by atoms with Gasteiger partial charge < -0.3 is 5.11 Å². The highest BCUT2D eigenvalue weighted by molar-refractivity contribution is 7.99. The van der Waals surface area contributed by atoms with Gasteiger partial charge in [0, 0.05) is 5.75 Å². The normalized spacial score (nSPS) is 13.8. The Kier molecular flexibility index (Phi) is 4.68. The molecule has 0 fully saturated rings. The molecule has 0 aliphatic heterocycles. The predicted octanol–water partition coefficient (Wildman–Crippen LogP) is 3.49. The summed E-state index contributed by atoms with van der Waals surface area (Å²) in [4.78, 5) is 0. The van der Waals surface area contributed by atoms with Crippen LogP contribution in [0.1, 0.15) is 24.2 Å². The molecule has 0 bridgehead atoms. The maximum atomic E-state index is 12.3. The molecule has 0 radical (unpaired) electrons. The summed E-state index contributed by atoms with van der Waals surface area (Å²) in [6.45, 7) is 1.96. The zero-order valence-corrected chi connectivity index (χ0v) is 9.61. The summed E-state index contributed by atoms with van der Waals surface area (Å²) < 4.78 is 36.8. The van der Waals surface area contributed by atoms with Crippen molar-refractivity contribution in [3.8, 4) is 0 Å². The van der Waals surface area contributed by atoms with Crippen molar-refractivity contribution in [1.82, 2.24) is 0 Å². The molecule has 0 saturated heterocycles. The molecule has 5 heteroatoms. The lowest BCUT2D eigenvalue weighted by Gasteiger charge is -2.11. The average molecular weight is 250 g/mol. The number of aliphatic hydroxyl groups excluding tert-OH is 1. The third-order valence-corrected chi connectivity index (χ3v) is 3.06. The Bertz CT molecular complexity index is 321. The quantitative estimate of drug-likeness (QED) is 0.882. The molecule has 90 valence electrons. The fourth-order valence-corrected chi connectivity index (χ4v) is 1.87. The highest BCUT2D eigenvalue weighted by Gasteiger charge is 2.30. The molecule has 1 N–H and O–H groups in total. The standard InChI is InChI=1S/C11H13F3OS/c1-2-16-7-10(15)8-3-5-9(6-4-8)11(12,13)14/h3-6,10,15H,2,7H2,1H3. The maximum absolute atomic E-state index is 12.3. The van der Waals surface area contributed by atoms with Crippen LogP contribution in [0, 0.1) is 0 Å². The fourth-order valence-electron chi connectivity index (χ4n) is 1.22. The van der Waals surface area contributed by atoms with Gasteiger partial charge in [0.25, 0.3) is 0 Å². The summed E-state index contributed by atoms with van der Waals surface area (Å²) >= 11 is 1.55. The number of thioether (sulfide) groups is 1. The number of hydrogen-bond donors (Lipinski definition) is 1. The Balaban J connectivity index is 2.71. The second-order valence-electron chi connectivity index (χ2n) is 3.30. The van der Waals surface area contributed by atoms with E-state index in [2.05, 4.69) is 0 Å². The number of hydrogen-bond acceptors (Lipinski definition) is 2. The molecule has 0 amide bonds. The highest BCUT2D eigenvalue weighted by atomic mass is 32.2. The number of halogens is 3. The molecular formula is C11H13F3OS. The Morgan fingerprint density at radius 1 is 1.25 bits per heavy atom. The first-order chi connectivity index (χ1) is 7.45. The van der Waals surface area contributed by atoms with E-state index in [9.17, 15) is 18.3 Å². The minimum atomic E-state index is -4.32. The van der Waals surface area contributed by atoms with Gasteiger partial charge in [-0.25, -0.2) is 0 Å². The summed E-state index contributed by atoms with van der Waals surface area (Å²) in [5, 5.41) is 9.64. The van der Waals surface area contributed by atoms with Crippen LogP contribution < -0.4 is 0 Å². The Morgan fingerprint density at radius 3 is 2.25 bits per heavy atom. The van der Waals surface area contributed by atoms with Gasteiger partial charge in [0.05, 0.1) is 11.7 Å². The third kappa shape index (κ3) is 3.72. The van der Waals surface area contributed by atoms with Crippen molar-refractivity contribution in [2.24, 2.45) is 0 Å². The fraction of sp³-hybridized carbons (Fsp3) is 0.455. The van der Waals surface area contributed by atoms with Gasteiger partial charge >= 0.3 is 6.18 Å². The van der Waals surface area contributed by atoms with Gasteiger partial charge in [-0.2, -0.15) is 24.9 Å². The lowest BCUT2D eigenvalue weighted by Crippen LogP contribution is -2.06. The number of benzene rings is 1. The molecule has 0 heterocycles. The minimum Gasteiger partial charge on any atom is -0.388 e. The largest absolute Gasteiger partial charge is 0.416 e. The van der Waals surface area contributed by atoms with E-state index in [-0.39, 0.29) is 0 Å². The van der Waals surface area contributed by atoms with E-state index in [1.807, 2.05) is 6.92 Å². The van der Waals surface area contributed by atoms with Crippen molar-refractivity contribution in [2.75, 3.05) is 11.5 Å². The van der Waals surface area contributed by atoms with Crippen molar-refractivity contribution < 1.29 is 18.3 Å². The molecular weight excluding hydrogens is 237 g/mol. The summed E-state index contributed by atoms with van der Waals surface area (Å²) in [6.07, 6.45) is -5.02. The van der Waals surface area contributed by atoms with E-state index < -0.39 is 17.8 Å². The Labute approximate surface area is 96.7 Å².